The number of nitrogens with two attached hydrogens (primary N) is 3. The van der Waals surface area contributed by atoms with E-state index in [1.165, 1.54) is 54.6 Å². The minimum absolute atomic E-state index is 0.106. The lowest BCUT2D eigenvalue weighted by Crippen LogP contribution is -2.38. The predicted molar refractivity (Wildman–Crippen MR) is 131 cm³/mol. The van der Waals surface area contributed by atoms with E-state index in [0.717, 1.165) is 18.2 Å². The molecule has 17 heteroatoms. The topological polar surface area (TPSA) is 244 Å². The average Bonchev–Trinajstić information content (AvgIpc) is 2.88. The third-order valence-corrected chi connectivity index (χ3v) is 5.73. The van der Waals surface area contributed by atoms with Crippen molar-refractivity contribution in [2.24, 2.45) is 17.5 Å². The molecule has 3 rings (SSSR count). The summed E-state index contributed by atoms with van der Waals surface area (Å²) in [5.41, 5.74) is -0.874. The summed E-state index contributed by atoms with van der Waals surface area (Å²) in [4.78, 5) is 33.8. The van der Waals surface area contributed by atoms with Crippen LogP contribution in [-0.4, -0.2) is 33.2 Å². The van der Waals surface area contributed by atoms with Crippen molar-refractivity contribution in [1.82, 2.24) is 0 Å². The maximum absolute atomic E-state index is 13.6. The minimum Gasteiger partial charge on any atom is -0.478 e. The lowest BCUT2D eigenvalue weighted by Gasteiger charge is -2.29. The average molecular weight is 548 g/mol. The third-order valence-electron chi connectivity index (χ3n) is 4.61. The number of benzene rings is 3. The van der Waals surface area contributed by atoms with E-state index in [1.54, 1.807) is 0 Å². The highest BCUT2D eigenvalue weighted by molar-refractivity contribution is 7.48. The van der Waals surface area contributed by atoms with Crippen LogP contribution in [0.4, 0.5) is 17.1 Å². The number of carboxylic acids is 3. The van der Waals surface area contributed by atoms with Crippen molar-refractivity contribution < 1.29 is 48.1 Å². The highest BCUT2D eigenvalue weighted by Crippen LogP contribution is 2.52. The van der Waals surface area contributed by atoms with E-state index < -0.39 is 25.7 Å². The Morgan fingerprint density at radius 3 is 1.08 bits per heavy atom. The van der Waals surface area contributed by atoms with E-state index in [-0.39, 0.29) is 33.8 Å². The summed E-state index contributed by atoms with van der Waals surface area (Å²) in [6.07, 6.45) is 0. The van der Waals surface area contributed by atoms with Gasteiger partial charge in [0.25, 0.3) is 0 Å². The molecule has 0 amide bonds. The third kappa shape index (κ3) is 7.02. The Kier molecular flexibility index (Phi) is 8.61. The van der Waals surface area contributed by atoms with Gasteiger partial charge in [-0.3, -0.25) is 0 Å². The number of nitrogens with zero attached hydrogens (tertiary/aromatic N) is 3. The van der Waals surface area contributed by atoms with Crippen LogP contribution < -0.4 is 33.0 Å². The SMILES string of the molecule is NN(OP(=O)(ON(N)c1cccc(C(=O)O)c1)ON(N)c1cccc(C(=O)O)c1)c1cccc(C(=O)O)c1. The summed E-state index contributed by atoms with van der Waals surface area (Å²) in [7, 11) is -5.04. The fraction of sp³-hybridized carbons (Fsp3) is 0. The zero-order chi connectivity index (χ0) is 28.0. The van der Waals surface area contributed by atoms with Crippen LogP contribution in [0.3, 0.4) is 0 Å². The molecule has 0 spiro atoms. The molecule has 0 bridgehead atoms. The summed E-state index contributed by atoms with van der Waals surface area (Å²) in [6, 6.07) is 15.0. The van der Waals surface area contributed by atoms with Crippen molar-refractivity contribution in [1.29, 1.82) is 0 Å². The van der Waals surface area contributed by atoms with Crippen LogP contribution in [0, 0.1) is 0 Å². The zero-order valence-electron chi connectivity index (χ0n) is 19.1. The predicted octanol–water partition coefficient (Wildman–Crippen LogP) is 2.12. The van der Waals surface area contributed by atoms with Gasteiger partial charge in [-0.15, -0.1) is 13.9 Å². The van der Waals surface area contributed by atoms with E-state index >= 15 is 0 Å². The first kappa shape index (κ1) is 28.0. The van der Waals surface area contributed by atoms with Gasteiger partial charge in [0.15, 0.2) is 0 Å². The summed E-state index contributed by atoms with van der Waals surface area (Å²) >= 11 is 0. The second-order valence-electron chi connectivity index (χ2n) is 7.24. The molecule has 0 aromatic heterocycles. The van der Waals surface area contributed by atoms with Crippen LogP contribution in [0.1, 0.15) is 31.1 Å². The largest absolute Gasteiger partial charge is 0.543 e. The van der Waals surface area contributed by atoms with Gasteiger partial charge in [0, 0.05) is 0 Å². The first-order valence-electron chi connectivity index (χ1n) is 10.2. The monoisotopic (exact) mass is 548 g/mol. The number of aromatic carboxylic acids is 3. The van der Waals surface area contributed by atoms with E-state index in [0.29, 0.717) is 15.5 Å². The Bertz CT molecular complexity index is 1240. The molecule has 0 radical (unpaired) electrons. The molecule has 3 aromatic carbocycles. The van der Waals surface area contributed by atoms with Crippen molar-refractivity contribution >= 4 is 42.8 Å². The van der Waals surface area contributed by atoms with Crippen molar-refractivity contribution in [2.45, 2.75) is 0 Å². The van der Waals surface area contributed by atoms with Gasteiger partial charge in [-0.05, 0) is 54.6 Å². The zero-order valence-corrected chi connectivity index (χ0v) is 20.0. The van der Waals surface area contributed by atoms with Crippen LogP contribution in [0.15, 0.2) is 72.8 Å². The molecular formula is C21H21N6O10P. The highest BCUT2D eigenvalue weighted by atomic mass is 31.2. The van der Waals surface area contributed by atoms with Crippen molar-refractivity contribution in [3.63, 3.8) is 0 Å². The molecule has 200 valence electrons. The number of anilines is 3. The van der Waals surface area contributed by atoms with Gasteiger partial charge >= 0.3 is 25.7 Å². The van der Waals surface area contributed by atoms with Crippen LogP contribution >= 0.6 is 7.82 Å². The van der Waals surface area contributed by atoms with Gasteiger partial charge in [0.05, 0.1) is 33.8 Å². The highest BCUT2D eigenvalue weighted by Gasteiger charge is 2.37. The van der Waals surface area contributed by atoms with Crippen LogP contribution in [0.5, 0.6) is 0 Å². The smallest absolute Gasteiger partial charge is 0.478 e. The fourth-order valence-electron chi connectivity index (χ4n) is 2.84. The Morgan fingerprint density at radius 2 is 0.842 bits per heavy atom. The minimum atomic E-state index is -5.04. The van der Waals surface area contributed by atoms with E-state index in [9.17, 15) is 34.3 Å². The van der Waals surface area contributed by atoms with Crippen molar-refractivity contribution in [3.05, 3.63) is 89.5 Å². The van der Waals surface area contributed by atoms with Crippen LogP contribution in [0.25, 0.3) is 0 Å². The van der Waals surface area contributed by atoms with E-state index in [4.69, 9.17) is 31.4 Å². The van der Waals surface area contributed by atoms with Crippen LogP contribution in [0.2, 0.25) is 0 Å². The second kappa shape index (κ2) is 11.7. The molecule has 0 saturated heterocycles. The molecule has 9 N–H and O–H groups in total. The number of carboxylic acid groups (broad SMARTS) is 3. The van der Waals surface area contributed by atoms with Crippen LogP contribution in [-0.2, 0) is 18.4 Å². The molecule has 0 aliphatic heterocycles. The molecule has 16 nitrogen and oxygen atoms in total. The molecule has 0 atom stereocenters. The number of hydrazine groups is 3. The molecule has 0 saturated carbocycles. The summed E-state index contributed by atoms with van der Waals surface area (Å²) in [5.74, 6) is 13.6. The van der Waals surface area contributed by atoms with Gasteiger partial charge < -0.3 is 15.3 Å². The number of phosphoric acid groups is 1. The number of hydrogen-bond donors (Lipinski definition) is 6. The molecule has 0 unspecified atom stereocenters. The molecule has 3 aromatic rings. The number of hydrogen-bond acceptors (Lipinski definition) is 13. The maximum Gasteiger partial charge on any atom is 0.543 e. The normalized spacial score (nSPS) is 11.0. The van der Waals surface area contributed by atoms with Gasteiger partial charge in [-0.25, -0.2) is 36.5 Å². The van der Waals surface area contributed by atoms with E-state index in [2.05, 4.69) is 0 Å². The summed E-state index contributed by atoms with van der Waals surface area (Å²) < 4.78 is 29.1. The molecular weight excluding hydrogens is 527 g/mol. The second-order valence-corrected chi connectivity index (χ2v) is 8.62. The van der Waals surface area contributed by atoms with Crippen molar-refractivity contribution in [2.75, 3.05) is 15.5 Å². The number of carbonyl (C=O) groups is 3. The van der Waals surface area contributed by atoms with Crippen molar-refractivity contribution in [3.8, 4) is 0 Å². The van der Waals surface area contributed by atoms with Gasteiger partial charge in [-0.1, -0.05) is 18.2 Å². The lowest BCUT2D eigenvalue weighted by molar-refractivity contribution is 0.0686. The molecule has 0 fully saturated rings. The Hall–Kier alpha value is -4.54. The Balaban J connectivity index is 1.93. The molecule has 0 heterocycles. The summed E-state index contributed by atoms with van der Waals surface area (Å²) in [5, 5.41) is 28.7. The molecule has 38 heavy (non-hydrogen) atoms. The molecule has 0 aliphatic carbocycles. The first-order chi connectivity index (χ1) is 17.9. The van der Waals surface area contributed by atoms with E-state index in [1.807, 2.05) is 0 Å². The Labute approximate surface area is 213 Å². The van der Waals surface area contributed by atoms with Gasteiger partial charge in [-0.2, -0.15) is 15.5 Å². The Morgan fingerprint density at radius 1 is 0.579 bits per heavy atom. The summed E-state index contributed by atoms with van der Waals surface area (Å²) in [6.45, 7) is 0. The quantitative estimate of drug-likeness (QED) is 0.108. The fourth-order valence-corrected chi connectivity index (χ4v) is 3.86. The lowest BCUT2D eigenvalue weighted by atomic mass is 10.2. The standard InChI is InChI=1S/C21H21N6O10P/c22-25(16-7-1-4-13(10-16)19(28)29)35-38(34,36-26(23)17-8-2-5-14(11-17)20(30)31)37-27(24)18-9-3-6-15(12-18)21(32)33/h1-12H,22-24H2,(H,28,29)(H,30,31)(H,32,33). The maximum atomic E-state index is 13.6. The van der Waals surface area contributed by atoms with Gasteiger partial charge in [0.1, 0.15) is 0 Å². The first-order valence-corrected chi connectivity index (χ1v) is 11.7. The molecule has 0 aliphatic rings. The number of rotatable bonds is 12. The van der Waals surface area contributed by atoms with Gasteiger partial charge in [0.2, 0.25) is 0 Å².